The van der Waals surface area contributed by atoms with Crippen LogP contribution in [0.4, 0.5) is 10.5 Å². The molecule has 3 aromatic rings. The van der Waals surface area contributed by atoms with Crippen molar-refractivity contribution in [3.05, 3.63) is 101 Å². The van der Waals surface area contributed by atoms with E-state index in [0.29, 0.717) is 36.2 Å². The van der Waals surface area contributed by atoms with Gasteiger partial charge in [-0.15, -0.1) is 0 Å². The molecule has 2 N–H and O–H groups in total. The maximum atomic E-state index is 13.1. The van der Waals surface area contributed by atoms with Crippen LogP contribution in [0.2, 0.25) is 0 Å². The second-order valence-electron chi connectivity index (χ2n) is 9.81. The third-order valence-electron chi connectivity index (χ3n) is 6.95. The van der Waals surface area contributed by atoms with Gasteiger partial charge in [0.15, 0.2) is 0 Å². The summed E-state index contributed by atoms with van der Waals surface area (Å²) in [5, 5.41) is 5.45. The lowest BCUT2D eigenvalue weighted by atomic mass is 10.1. The molecule has 0 aromatic heterocycles. The van der Waals surface area contributed by atoms with Crippen molar-refractivity contribution in [2.24, 2.45) is 0 Å². The molecule has 1 aliphatic rings. The molecule has 224 valence electrons. The standard InChI is InChI=1S/C32H33N3O8/c1-41-30(38)25-11-6-10-23(19-25)28(36)33-16-7-12-26(31(39)42-2)34-29(37)24-13-14-27-22(18-24)15-17-35(27)32(40)43-20-21-8-4-3-5-9-21/h3-6,8-11,13-14,18-19,26H,7,12,15-17,20H2,1-2H3,(H,33,36)(H,34,37). The molecule has 0 saturated heterocycles. The fraction of sp³-hybridized carbons (Fsp3) is 0.281. The number of hydrogen-bond acceptors (Lipinski definition) is 8. The molecule has 1 heterocycles. The summed E-state index contributed by atoms with van der Waals surface area (Å²) >= 11 is 0. The Kier molecular flexibility index (Phi) is 10.5. The van der Waals surface area contributed by atoms with Gasteiger partial charge in [-0.05, 0) is 66.8 Å². The van der Waals surface area contributed by atoms with Gasteiger partial charge >= 0.3 is 18.0 Å². The van der Waals surface area contributed by atoms with Crippen molar-refractivity contribution in [3.8, 4) is 0 Å². The van der Waals surface area contributed by atoms with Crippen molar-refractivity contribution in [1.82, 2.24) is 10.6 Å². The Hall–Kier alpha value is -5.19. The highest BCUT2D eigenvalue weighted by atomic mass is 16.6. The molecule has 11 heteroatoms. The molecule has 0 radical (unpaired) electrons. The fourth-order valence-electron chi connectivity index (χ4n) is 4.68. The zero-order valence-electron chi connectivity index (χ0n) is 24.0. The van der Waals surface area contributed by atoms with E-state index in [1.54, 1.807) is 36.4 Å². The topological polar surface area (TPSA) is 140 Å². The summed E-state index contributed by atoms with van der Waals surface area (Å²) in [6, 6.07) is 19.6. The van der Waals surface area contributed by atoms with Crippen molar-refractivity contribution >= 4 is 35.5 Å². The molecule has 3 amide bonds. The number of fused-ring (bicyclic) bond motifs is 1. The third kappa shape index (κ3) is 7.97. The average Bonchev–Trinajstić information content (AvgIpc) is 3.48. The van der Waals surface area contributed by atoms with Crippen LogP contribution in [0, 0.1) is 0 Å². The highest BCUT2D eigenvalue weighted by Crippen LogP contribution is 2.29. The third-order valence-corrected chi connectivity index (χ3v) is 6.95. The van der Waals surface area contributed by atoms with E-state index >= 15 is 0 Å². The van der Waals surface area contributed by atoms with Crippen LogP contribution >= 0.6 is 0 Å². The van der Waals surface area contributed by atoms with Gasteiger partial charge in [-0.3, -0.25) is 14.5 Å². The van der Waals surface area contributed by atoms with Crippen LogP contribution in [-0.2, 0) is 32.0 Å². The Labute approximate surface area is 249 Å². The molecule has 1 unspecified atom stereocenters. The van der Waals surface area contributed by atoms with Crippen LogP contribution in [-0.4, -0.2) is 63.2 Å². The predicted octanol–water partition coefficient (Wildman–Crippen LogP) is 3.65. The van der Waals surface area contributed by atoms with Crippen molar-refractivity contribution in [1.29, 1.82) is 0 Å². The quantitative estimate of drug-likeness (QED) is 0.197. The summed E-state index contributed by atoms with van der Waals surface area (Å²) in [4.78, 5) is 63.9. The zero-order valence-corrected chi connectivity index (χ0v) is 24.0. The molecule has 0 spiro atoms. The van der Waals surface area contributed by atoms with Crippen LogP contribution in [0.3, 0.4) is 0 Å². The van der Waals surface area contributed by atoms with Gasteiger partial charge in [0.1, 0.15) is 12.6 Å². The Morgan fingerprint density at radius 3 is 2.33 bits per heavy atom. The van der Waals surface area contributed by atoms with E-state index in [0.717, 1.165) is 11.1 Å². The van der Waals surface area contributed by atoms with Gasteiger partial charge in [0.2, 0.25) is 0 Å². The van der Waals surface area contributed by atoms with E-state index in [4.69, 9.17) is 9.47 Å². The van der Waals surface area contributed by atoms with Crippen LogP contribution in [0.15, 0.2) is 72.8 Å². The summed E-state index contributed by atoms with van der Waals surface area (Å²) in [5.41, 5.74) is 3.26. The van der Waals surface area contributed by atoms with Gasteiger partial charge in [0.25, 0.3) is 11.8 Å². The number of carbonyl (C=O) groups is 5. The number of nitrogens with zero attached hydrogens (tertiary/aromatic N) is 1. The molecule has 0 aliphatic carbocycles. The van der Waals surface area contributed by atoms with E-state index in [2.05, 4.69) is 15.4 Å². The van der Waals surface area contributed by atoms with E-state index in [9.17, 15) is 24.0 Å². The summed E-state index contributed by atoms with van der Waals surface area (Å²) in [5.74, 6) is -2.01. The van der Waals surface area contributed by atoms with E-state index < -0.39 is 30.0 Å². The number of nitrogens with one attached hydrogen (secondary N) is 2. The average molecular weight is 588 g/mol. The van der Waals surface area contributed by atoms with Gasteiger partial charge in [-0.1, -0.05) is 36.4 Å². The summed E-state index contributed by atoms with van der Waals surface area (Å²) in [6.45, 7) is 0.810. The number of hydrogen-bond donors (Lipinski definition) is 2. The molecular weight excluding hydrogens is 554 g/mol. The second kappa shape index (κ2) is 14.6. The number of carbonyl (C=O) groups excluding carboxylic acids is 5. The first kappa shape index (κ1) is 30.8. The van der Waals surface area contributed by atoms with Crippen LogP contribution in [0.1, 0.15) is 55.0 Å². The molecule has 43 heavy (non-hydrogen) atoms. The zero-order chi connectivity index (χ0) is 30.8. The monoisotopic (exact) mass is 587 g/mol. The SMILES string of the molecule is COC(=O)c1cccc(C(=O)NCCCC(NC(=O)c2ccc3c(c2)CCN3C(=O)OCc2ccccc2)C(=O)OC)c1. The smallest absolute Gasteiger partial charge is 0.414 e. The van der Waals surface area contributed by atoms with Gasteiger partial charge in [-0.25, -0.2) is 14.4 Å². The molecule has 4 rings (SSSR count). The lowest BCUT2D eigenvalue weighted by molar-refractivity contribution is -0.143. The first-order valence-corrected chi connectivity index (χ1v) is 13.8. The number of amides is 3. The minimum Gasteiger partial charge on any atom is -0.467 e. The summed E-state index contributed by atoms with van der Waals surface area (Å²) in [6.07, 6.45) is 0.674. The van der Waals surface area contributed by atoms with Gasteiger partial charge < -0.3 is 24.8 Å². The lowest BCUT2D eigenvalue weighted by Gasteiger charge is -2.18. The highest BCUT2D eigenvalue weighted by molar-refractivity contribution is 5.99. The van der Waals surface area contributed by atoms with Crippen molar-refractivity contribution < 1.29 is 38.2 Å². The Bertz CT molecular complexity index is 1490. The fourth-order valence-corrected chi connectivity index (χ4v) is 4.68. The number of rotatable bonds is 11. The minimum atomic E-state index is -0.935. The van der Waals surface area contributed by atoms with Crippen LogP contribution in [0.25, 0.3) is 0 Å². The molecule has 3 aromatic carbocycles. The van der Waals surface area contributed by atoms with E-state index in [1.807, 2.05) is 30.3 Å². The highest BCUT2D eigenvalue weighted by Gasteiger charge is 2.28. The minimum absolute atomic E-state index is 0.160. The van der Waals surface area contributed by atoms with Gasteiger partial charge in [0, 0.05) is 24.2 Å². The van der Waals surface area contributed by atoms with Crippen LogP contribution in [0.5, 0.6) is 0 Å². The van der Waals surface area contributed by atoms with Gasteiger partial charge in [0.05, 0.1) is 25.5 Å². The molecule has 1 aliphatic heterocycles. The number of benzene rings is 3. The predicted molar refractivity (Wildman–Crippen MR) is 157 cm³/mol. The molecule has 0 saturated carbocycles. The first-order valence-electron chi connectivity index (χ1n) is 13.8. The van der Waals surface area contributed by atoms with Crippen molar-refractivity contribution in [3.63, 3.8) is 0 Å². The normalized spacial score (nSPS) is 12.5. The molecule has 1 atom stereocenters. The maximum absolute atomic E-state index is 13.1. The molecule has 0 bridgehead atoms. The summed E-state index contributed by atoms with van der Waals surface area (Å²) in [7, 11) is 2.49. The number of ether oxygens (including phenoxy) is 3. The van der Waals surface area contributed by atoms with Crippen LogP contribution < -0.4 is 15.5 Å². The van der Waals surface area contributed by atoms with Crippen molar-refractivity contribution in [2.75, 3.05) is 32.2 Å². The molecule has 11 nitrogen and oxygen atoms in total. The van der Waals surface area contributed by atoms with Crippen molar-refractivity contribution in [2.45, 2.75) is 31.9 Å². The number of methoxy groups -OCH3 is 2. The van der Waals surface area contributed by atoms with E-state index in [-0.39, 0.29) is 31.0 Å². The van der Waals surface area contributed by atoms with E-state index in [1.165, 1.54) is 25.2 Å². The molecule has 0 fully saturated rings. The number of esters is 2. The van der Waals surface area contributed by atoms with Gasteiger partial charge in [-0.2, -0.15) is 0 Å². The Morgan fingerprint density at radius 1 is 0.837 bits per heavy atom. The summed E-state index contributed by atoms with van der Waals surface area (Å²) < 4.78 is 15.0. The Morgan fingerprint density at radius 2 is 1.58 bits per heavy atom. The first-order chi connectivity index (χ1) is 20.8. The number of anilines is 1. The largest absolute Gasteiger partial charge is 0.467 e. The Balaban J connectivity index is 1.30. The lowest BCUT2D eigenvalue weighted by Crippen LogP contribution is -2.42. The molecular formula is C32H33N3O8. The second-order valence-corrected chi connectivity index (χ2v) is 9.81. The maximum Gasteiger partial charge on any atom is 0.414 e.